The first-order valence-corrected chi connectivity index (χ1v) is 13.4. The van der Waals surface area contributed by atoms with Crippen molar-refractivity contribution in [1.29, 1.82) is 0 Å². The lowest BCUT2D eigenvalue weighted by Gasteiger charge is -2.25. The highest BCUT2D eigenvalue weighted by Crippen LogP contribution is 2.27. The molecule has 36 heavy (non-hydrogen) atoms. The molecule has 0 bridgehead atoms. The minimum Gasteiger partial charge on any atom is -0.356 e. The Balaban J connectivity index is 1.30. The molecular formula is C30H34N4OS. The first-order chi connectivity index (χ1) is 17.6. The quantitative estimate of drug-likeness (QED) is 0.257. The predicted octanol–water partition coefficient (Wildman–Crippen LogP) is 6.07. The van der Waals surface area contributed by atoms with Gasteiger partial charge in [-0.3, -0.25) is 4.79 Å². The van der Waals surface area contributed by atoms with Gasteiger partial charge in [-0.25, -0.2) is 4.98 Å². The van der Waals surface area contributed by atoms with E-state index in [2.05, 4.69) is 89.1 Å². The molecule has 0 saturated heterocycles. The molecule has 0 unspecified atom stereocenters. The van der Waals surface area contributed by atoms with Gasteiger partial charge in [0.25, 0.3) is 0 Å². The summed E-state index contributed by atoms with van der Waals surface area (Å²) in [5.41, 5.74) is 3.74. The Bertz CT molecular complexity index is 1160. The van der Waals surface area contributed by atoms with E-state index in [0.29, 0.717) is 25.9 Å². The van der Waals surface area contributed by atoms with Gasteiger partial charge >= 0.3 is 0 Å². The van der Waals surface area contributed by atoms with Crippen LogP contribution < -0.4 is 10.2 Å². The molecule has 0 aliphatic carbocycles. The molecule has 1 aromatic heterocycles. The third kappa shape index (κ3) is 7.25. The molecule has 3 aromatic carbocycles. The number of aromatic nitrogens is 2. The zero-order valence-electron chi connectivity index (χ0n) is 21.0. The molecular weight excluding hydrogens is 464 g/mol. The lowest BCUT2D eigenvalue weighted by Crippen LogP contribution is -2.35. The Labute approximate surface area is 218 Å². The molecule has 1 heterocycles. The average molecular weight is 499 g/mol. The molecule has 0 saturated carbocycles. The molecule has 6 heteroatoms. The summed E-state index contributed by atoms with van der Waals surface area (Å²) in [4.78, 5) is 19.7. The maximum absolute atomic E-state index is 12.7. The molecule has 5 nitrogen and oxygen atoms in total. The third-order valence-corrected chi connectivity index (χ3v) is 7.06. The van der Waals surface area contributed by atoms with E-state index in [0.717, 1.165) is 17.4 Å². The fraction of sp³-hybridized carbons (Fsp3) is 0.300. The van der Waals surface area contributed by atoms with Gasteiger partial charge in [-0.05, 0) is 37.0 Å². The zero-order valence-corrected chi connectivity index (χ0v) is 21.8. The summed E-state index contributed by atoms with van der Waals surface area (Å²) in [5.74, 6) is 1.14. The summed E-state index contributed by atoms with van der Waals surface area (Å²) in [6.07, 6.45) is 1.99. The summed E-state index contributed by atoms with van der Waals surface area (Å²) in [5, 5.41) is 4.01. The van der Waals surface area contributed by atoms with Crippen LogP contribution in [0.4, 0.5) is 5.13 Å². The van der Waals surface area contributed by atoms with E-state index in [1.165, 1.54) is 28.2 Å². The number of nitrogens with one attached hydrogen (secondary N) is 1. The second kappa shape index (κ2) is 13.0. The van der Waals surface area contributed by atoms with Crippen molar-refractivity contribution in [3.05, 3.63) is 114 Å². The Hall–Kier alpha value is -3.51. The monoisotopic (exact) mass is 498 g/mol. The smallest absolute Gasteiger partial charge is 0.221 e. The number of amides is 1. The minimum absolute atomic E-state index is 0.0644. The zero-order chi connectivity index (χ0) is 25.2. The van der Waals surface area contributed by atoms with Gasteiger partial charge in [-0.15, -0.1) is 0 Å². The summed E-state index contributed by atoms with van der Waals surface area (Å²) in [6, 6.07) is 31.5. The van der Waals surface area contributed by atoms with Gasteiger partial charge in [0.15, 0.2) is 0 Å². The van der Waals surface area contributed by atoms with Crippen LogP contribution in [0.25, 0.3) is 0 Å². The van der Waals surface area contributed by atoms with Crippen LogP contribution in [0.2, 0.25) is 0 Å². The molecule has 0 spiro atoms. The van der Waals surface area contributed by atoms with Crippen molar-refractivity contribution in [2.45, 2.75) is 45.1 Å². The average Bonchev–Trinajstić information content (AvgIpc) is 3.36. The second-order valence-electron chi connectivity index (χ2n) is 9.21. The van der Waals surface area contributed by atoms with Crippen molar-refractivity contribution in [3.63, 3.8) is 0 Å². The SMILES string of the molecule is CC(C)N(CCC(=O)NCCC(c1ccccc1)c1ccccc1)c1nc(Cc2ccccc2)ns1. The Morgan fingerprint density at radius 3 is 2.06 bits per heavy atom. The molecule has 186 valence electrons. The highest BCUT2D eigenvalue weighted by molar-refractivity contribution is 7.09. The molecule has 0 aliphatic heterocycles. The van der Waals surface area contributed by atoms with E-state index in [-0.39, 0.29) is 17.9 Å². The van der Waals surface area contributed by atoms with Crippen molar-refractivity contribution in [2.24, 2.45) is 0 Å². The van der Waals surface area contributed by atoms with Gasteiger partial charge in [0.1, 0.15) is 5.82 Å². The first kappa shape index (κ1) is 25.6. The number of nitrogens with zero attached hydrogens (tertiary/aromatic N) is 3. The van der Waals surface area contributed by atoms with Crippen molar-refractivity contribution in [1.82, 2.24) is 14.7 Å². The highest BCUT2D eigenvalue weighted by Gasteiger charge is 2.18. The standard InChI is InChI=1S/C30H34N4OS/c1-23(2)34(30-32-28(33-36-30)22-24-12-6-3-7-13-24)21-19-29(35)31-20-18-27(25-14-8-4-9-15-25)26-16-10-5-11-17-26/h3-17,23,27H,18-22H2,1-2H3,(H,31,35). The van der Waals surface area contributed by atoms with E-state index < -0.39 is 0 Å². The number of rotatable bonds is 12. The van der Waals surface area contributed by atoms with Gasteiger partial charge < -0.3 is 10.2 Å². The van der Waals surface area contributed by atoms with Crippen LogP contribution in [0.1, 0.15) is 55.1 Å². The number of benzene rings is 3. The molecule has 0 aliphatic rings. The van der Waals surface area contributed by atoms with Crippen molar-refractivity contribution < 1.29 is 4.79 Å². The Morgan fingerprint density at radius 1 is 0.889 bits per heavy atom. The molecule has 1 amide bonds. The third-order valence-electron chi connectivity index (χ3n) is 6.27. The van der Waals surface area contributed by atoms with Crippen LogP contribution >= 0.6 is 11.5 Å². The molecule has 1 N–H and O–H groups in total. The minimum atomic E-state index is 0.0644. The number of anilines is 1. The van der Waals surface area contributed by atoms with Crippen LogP contribution in [-0.2, 0) is 11.2 Å². The van der Waals surface area contributed by atoms with Gasteiger partial charge in [-0.2, -0.15) is 4.37 Å². The number of carbonyl (C=O) groups excluding carboxylic acids is 1. The van der Waals surface area contributed by atoms with Crippen molar-refractivity contribution >= 4 is 22.6 Å². The van der Waals surface area contributed by atoms with Crippen LogP contribution in [-0.4, -0.2) is 34.4 Å². The number of hydrogen-bond acceptors (Lipinski definition) is 5. The van der Waals surface area contributed by atoms with E-state index in [9.17, 15) is 4.79 Å². The lowest BCUT2D eigenvalue weighted by atomic mass is 9.88. The summed E-state index contributed by atoms with van der Waals surface area (Å²) in [7, 11) is 0. The molecule has 0 fully saturated rings. The molecule has 4 aromatic rings. The second-order valence-corrected chi connectivity index (χ2v) is 9.94. The molecule has 0 atom stereocenters. The van der Waals surface area contributed by atoms with E-state index in [4.69, 9.17) is 4.98 Å². The first-order valence-electron chi connectivity index (χ1n) is 12.6. The van der Waals surface area contributed by atoms with E-state index in [1.807, 2.05) is 30.3 Å². The van der Waals surface area contributed by atoms with Gasteiger partial charge in [-0.1, -0.05) is 91.0 Å². The van der Waals surface area contributed by atoms with Crippen molar-refractivity contribution in [2.75, 3.05) is 18.0 Å². The van der Waals surface area contributed by atoms with Crippen LogP contribution in [0.5, 0.6) is 0 Å². The highest BCUT2D eigenvalue weighted by atomic mass is 32.1. The lowest BCUT2D eigenvalue weighted by molar-refractivity contribution is -0.120. The molecule has 0 radical (unpaired) electrons. The Kier molecular flexibility index (Phi) is 9.22. The normalized spacial score (nSPS) is 11.1. The summed E-state index contributed by atoms with van der Waals surface area (Å²) < 4.78 is 4.56. The fourth-order valence-electron chi connectivity index (χ4n) is 4.35. The molecule has 4 rings (SSSR count). The maximum atomic E-state index is 12.7. The number of hydrogen-bond donors (Lipinski definition) is 1. The van der Waals surface area contributed by atoms with E-state index >= 15 is 0 Å². The van der Waals surface area contributed by atoms with E-state index in [1.54, 1.807) is 0 Å². The van der Waals surface area contributed by atoms with Crippen LogP contribution in [0.15, 0.2) is 91.0 Å². The van der Waals surface area contributed by atoms with Crippen molar-refractivity contribution in [3.8, 4) is 0 Å². The Morgan fingerprint density at radius 2 is 1.47 bits per heavy atom. The fourth-order valence-corrected chi connectivity index (χ4v) is 5.19. The maximum Gasteiger partial charge on any atom is 0.221 e. The van der Waals surface area contributed by atoms with Gasteiger partial charge in [0, 0.05) is 49.4 Å². The van der Waals surface area contributed by atoms with Gasteiger partial charge in [0.05, 0.1) is 0 Å². The summed E-state index contributed by atoms with van der Waals surface area (Å²) in [6.45, 7) is 5.50. The number of carbonyl (C=O) groups is 1. The van der Waals surface area contributed by atoms with Crippen LogP contribution in [0, 0.1) is 0 Å². The summed E-state index contributed by atoms with van der Waals surface area (Å²) >= 11 is 1.41. The van der Waals surface area contributed by atoms with Gasteiger partial charge in [0.2, 0.25) is 11.0 Å². The van der Waals surface area contributed by atoms with Crippen LogP contribution in [0.3, 0.4) is 0 Å². The topological polar surface area (TPSA) is 58.1 Å². The predicted molar refractivity (Wildman–Crippen MR) is 149 cm³/mol. The largest absolute Gasteiger partial charge is 0.356 e.